The Morgan fingerprint density at radius 2 is 1.63 bits per heavy atom. The fraction of sp³-hybridized carbons (Fsp3) is 0.276. The van der Waals surface area contributed by atoms with E-state index in [4.69, 9.17) is 25.8 Å². The Morgan fingerprint density at radius 1 is 0.921 bits per heavy atom. The van der Waals surface area contributed by atoms with Crippen LogP contribution in [0.4, 0.5) is 5.69 Å². The lowest BCUT2D eigenvalue weighted by molar-refractivity contribution is -0.113. The van der Waals surface area contributed by atoms with Crippen LogP contribution in [-0.4, -0.2) is 34.6 Å². The van der Waals surface area contributed by atoms with Crippen molar-refractivity contribution in [3.63, 3.8) is 0 Å². The van der Waals surface area contributed by atoms with Gasteiger partial charge in [0.1, 0.15) is 5.75 Å². The van der Waals surface area contributed by atoms with Gasteiger partial charge in [0.25, 0.3) is 15.9 Å². The zero-order valence-electron chi connectivity index (χ0n) is 21.7. The Bertz CT molecular complexity index is 1340. The monoisotopic (exact) mass is 557 g/mol. The van der Waals surface area contributed by atoms with E-state index in [0.29, 0.717) is 41.0 Å². The van der Waals surface area contributed by atoms with E-state index in [1.807, 2.05) is 6.92 Å². The van der Waals surface area contributed by atoms with Crippen LogP contribution in [0, 0.1) is 0 Å². The second-order valence-electron chi connectivity index (χ2n) is 8.29. The predicted octanol–water partition coefficient (Wildman–Crippen LogP) is 6.75. The minimum Gasteiger partial charge on any atom is -0.494 e. The van der Waals surface area contributed by atoms with Gasteiger partial charge in [-0.3, -0.25) is 4.79 Å². The van der Waals surface area contributed by atoms with Gasteiger partial charge in [0.2, 0.25) is 0 Å². The van der Waals surface area contributed by atoms with E-state index in [1.54, 1.807) is 37.4 Å². The van der Waals surface area contributed by atoms with Crippen molar-refractivity contribution in [2.45, 2.75) is 38.0 Å². The molecule has 202 valence electrons. The third kappa shape index (κ3) is 7.52. The number of nitrogens with zero attached hydrogens (tertiary/aromatic N) is 1. The van der Waals surface area contributed by atoms with Gasteiger partial charge in [-0.15, -0.1) is 0 Å². The highest BCUT2D eigenvalue weighted by Crippen LogP contribution is 2.30. The summed E-state index contributed by atoms with van der Waals surface area (Å²) in [6, 6.07) is 17.2. The van der Waals surface area contributed by atoms with Crippen molar-refractivity contribution in [2.24, 2.45) is 0 Å². The number of methoxy groups -OCH3 is 1. The largest absolute Gasteiger partial charge is 0.494 e. The topological polar surface area (TPSA) is 82.1 Å². The molecule has 3 aromatic carbocycles. The number of amides is 1. The Kier molecular flexibility index (Phi) is 10.6. The molecule has 1 amide bonds. The van der Waals surface area contributed by atoms with Gasteiger partial charge < -0.3 is 14.2 Å². The molecule has 3 aromatic rings. The van der Waals surface area contributed by atoms with Crippen molar-refractivity contribution in [3.8, 4) is 17.2 Å². The Balaban J connectivity index is 1.91. The first-order chi connectivity index (χ1) is 18.3. The van der Waals surface area contributed by atoms with Crippen LogP contribution in [-0.2, 0) is 14.8 Å². The molecule has 0 aromatic heterocycles. The molecule has 0 bridgehead atoms. The molecule has 7 nitrogen and oxygen atoms in total. The van der Waals surface area contributed by atoms with Crippen LogP contribution in [0.2, 0.25) is 5.02 Å². The van der Waals surface area contributed by atoms with Crippen LogP contribution < -0.4 is 18.5 Å². The number of halogens is 1. The second-order valence-corrected chi connectivity index (χ2v) is 10.5. The summed E-state index contributed by atoms with van der Waals surface area (Å²) in [7, 11) is -2.71. The van der Waals surface area contributed by atoms with Crippen molar-refractivity contribution in [2.75, 3.05) is 24.6 Å². The highest BCUT2D eigenvalue weighted by Gasteiger charge is 2.30. The first-order valence-electron chi connectivity index (χ1n) is 12.4. The van der Waals surface area contributed by atoms with Crippen LogP contribution in [0.25, 0.3) is 6.08 Å². The molecule has 0 radical (unpaired) electrons. The maximum absolute atomic E-state index is 13.6. The van der Waals surface area contributed by atoms with Gasteiger partial charge in [-0.25, -0.2) is 8.42 Å². The maximum Gasteiger partial charge on any atom is 0.271 e. The van der Waals surface area contributed by atoms with E-state index in [2.05, 4.69) is 6.92 Å². The smallest absolute Gasteiger partial charge is 0.271 e. The fourth-order valence-corrected chi connectivity index (χ4v) is 5.13. The molecule has 9 heteroatoms. The maximum atomic E-state index is 13.6. The quantitative estimate of drug-likeness (QED) is 0.171. The molecule has 0 aliphatic heterocycles. The van der Waals surface area contributed by atoms with Crippen molar-refractivity contribution in [3.05, 3.63) is 83.4 Å². The lowest BCUT2D eigenvalue weighted by Crippen LogP contribution is -2.35. The Hall–Kier alpha value is -3.49. The zero-order valence-corrected chi connectivity index (χ0v) is 23.3. The first kappa shape index (κ1) is 29.1. The summed E-state index contributed by atoms with van der Waals surface area (Å²) in [5.41, 5.74) is 0.818. The summed E-state index contributed by atoms with van der Waals surface area (Å²) in [5.74, 6) is 0.941. The number of benzene rings is 3. The zero-order chi connectivity index (χ0) is 27.5. The van der Waals surface area contributed by atoms with E-state index >= 15 is 0 Å². The average Bonchev–Trinajstić information content (AvgIpc) is 2.91. The predicted molar refractivity (Wildman–Crippen MR) is 151 cm³/mol. The van der Waals surface area contributed by atoms with E-state index in [1.165, 1.54) is 48.6 Å². The van der Waals surface area contributed by atoms with Crippen molar-refractivity contribution >= 4 is 39.3 Å². The van der Waals surface area contributed by atoms with Crippen LogP contribution in [0.3, 0.4) is 0 Å². The van der Waals surface area contributed by atoms with Gasteiger partial charge in [0.15, 0.2) is 11.5 Å². The van der Waals surface area contributed by atoms with Gasteiger partial charge in [-0.05, 0) is 85.6 Å². The number of sulfonamides is 1. The lowest BCUT2D eigenvalue weighted by Gasteiger charge is -2.22. The van der Waals surface area contributed by atoms with E-state index < -0.39 is 15.9 Å². The number of hydrogen-bond donors (Lipinski definition) is 0. The summed E-state index contributed by atoms with van der Waals surface area (Å²) in [6.07, 6.45) is 5.86. The highest BCUT2D eigenvalue weighted by molar-refractivity contribution is 7.93. The average molecular weight is 558 g/mol. The Labute approximate surface area is 229 Å². The molecular formula is C29H32ClNO6S. The molecule has 0 spiro atoms. The van der Waals surface area contributed by atoms with Crippen LogP contribution in [0.1, 0.15) is 38.7 Å². The minimum absolute atomic E-state index is 0.0659. The van der Waals surface area contributed by atoms with Gasteiger partial charge in [-0.1, -0.05) is 37.4 Å². The third-order valence-corrected chi connectivity index (χ3v) is 7.54. The molecule has 0 saturated heterocycles. The summed E-state index contributed by atoms with van der Waals surface area (Å²) >= 11 is 5.94. The number of anilines is 1. The van der Waals surface area contributed by atoms with Crippen molar-refractivity contribution < 1.29 is 27.4 Å². The normalized spacial score (nSPS) is 11.4. The van der Waals surface area contributed by atoms with Gasteiger partial charge in [-0.2, -0.15) is 4.31 Å². The van der Waals surface area contributed by atoms with Crippen LogP contribution in [0.15, 0.2) is 77.7 Å². The number of carbonyl (C=O) groups is 1. The lowest BCUT2D eigenvalue weighted by atomic mass is 10.2. The summed E-state index contributed by atoms with van der Waals surface area (Å²) in [4.78, 5) is 13.3. The van der Waals surface area contributed by atoms with Gasteiger partial charge in [0.05, 0.1) is 30.9 Å². The number of unbranched alkanes of at least 4 members (excludes halogenated alkanes) is 2. The molecule has 0 saturated carbocycles. The third-order valence-electron chi connectivity index (χ3n) is 5.55. The van der Waals surface area contributed by atoms with Crippen LogP contribution in [0.5, 0.6) is 17.2 Å². The molecule has 38 heavy (non-hydrogen) atoms. The van der Waals surface area contributed by atoms with Gasteiger partial charge >= 0.3 is 0 Å². The van der Waals surface area contributed by atoms with E-state index in [-0.39, 0.29) is 10.6 Å². The molecule has 0 aliphatic carbocycles. The van der Waals surface area contributed by atoms with Gasteiger partial charge in [0, 0.05) is 11.1 Å². The molecular weight excluding hydrogens is 526 g/mol. The molecule has 0 fully saturated rings. The SMILES string of the molecule is CCCCCOc1ccc(/C=C/C(=O)N(c2ccc(OCC)cc2)S(=O)(=O)c2ccc(Cl)cc2)cc1OC. The highest BCUT2D eigenvalue weighted by atomic mass is 35.5. The van der Waals surface area contributed by atoms with Crippen molar-refractivity contribution in [1.82, 2.24) is 0 Å². The minimum atomic E-state index is -4.25. The summed E-state index contributed by atoms with van der Waals surface area (Å²) in [6.45, 7) is 5.01. The fourth-order valence-electron chi connectivity index (χ4n) is 3.62. The number of rotatable bonds is 13. The molecule has 0 heterocycles. The van der Waals surface area contributed by atoms with Crippen LogP contribution >= 0.6 is 11.6 Å². The number of ether oxygens (including phenoxy) is 3. The van der Waals surface area contributed by atoms with E-state index in [0.717, 1.165) is 23.6 Å². The van der Waals surface area contributed by atoms with Crippen molar-refractivity contribution in [1.29, 1.82) is 0 Å². The molecule has 0 unspecified atom stereocenters. The Morgan fingerprint density at radius 3 is 2.26 bits per heavy atom. The molecule has 3 rings (SSSR count). The second kappa shape index (κ2) is 13.9. The molecule has 0 atom stereocenters. The molecule has 0 N–H and O–H groups in total. The van der Waals surface area contributed by atoms with E-state index in [9.17, 15) is 13.2 Å². The number of hydrogen-bond acceptors (Lipinski definition) is 6. The number of carbonyl (C=O) groups excluding carboxylic acids is 1. The molecule has 0 aliphatic rings. The summed E-state index contributed by atoms with van der Waals surface area (Å²) in [5, 5.41) is 0.384. The first-order valence-corrected chi connectivity index (χ1v) is 14.2. The summed E-state index contributed by atoms with van der Waals surface area (Å²) < 4.78 is 44.6. The standard InChI is InChI=1S/C29H32ClNO6S/c1-4-6-7-20-37-27-18-8-22(21-28(27)35-3)9-19-29(32)31(24-12-14-25(15-13-24)36-5-2)38(33,34)26-16-10-23(30)11-17-26/h8-19,21H,4-7,20H2,1-3H3/b19-9+.